The number of hydrogen-bond acceptors (Lipinski definition) is 4. The number of nitrogens with one attached hydrogen (secondary N) is 1. The number of thiazole rings is 1. The van der Waals surface area contributed by atoms with E-state index < -0.39 is 0 Å². The van der Waals surface area contributed by atoms with E-state index in [0.29, 0.717) is 17.5 Å². The zero-order valence-corrected chi connectivity index (χ0v) is 12.8. The van der Waals surface area contributed by atoms with Gasteiger partial charge in [-0.2, -0.15) is 0 Å². The van der Waals surface area contributed by atoms with Crippen molar-refractivity contribution in [2.75, 3.05) is 26.7 Å². The first-order valence-electron chi connectivity index (χ1n) is 7.01. The third-order valence-corrected chi connectivity index (χ3v) is 4.77. The molecule has 1 aromatic heterocycles. The highest BCUT2D eigenvalue weighted by Crippen LogP contribution is 2.22. The third-order valence-electron chi connectivity index (χ3n) is 3.63. The zero-order valence-electron chi connectivity index (χ0n) is 12.0. The van der Waals surface area contributed by atoms with Gasteiger partial charge in [0.1, 0.15) is 5.69 Å². The van der Waals surface area contributed by atoms with E-state index in [1.54, 1.807) is 11.3 Å². The highest BCUT2D eigenvalue weighted by atomic mass is 32.1. The molecule has 19 heavy (non-hydrogen) atoms. The van der Waals surface area contributed by atoms with Crippen molar-refractivity contribution in [3.63, 3.8) is 0 Å². The molecule has 0 unspecified atom stereocenters. The number of aromatic nitrogens is 1. The maximum absolute atomic E-state index is 12.4. The smallest absolute Gasteiger partial charge is 0.273 e. The van der Waals surface area contributed by atoms with Crippen LogP contribution in [0.2, 0.25) is 0 Å². The monoisotopic (exact) mass is 281 g/mol. The van der Waals surface area contributed by atoms with Gasteiger partial charge < -0.3 is 10.2 Å². The van der Waals surface area contributed by atoms with Crippen LogP contribution in [0.1, 0.15) is 48.1 Å². The summed E-state index contributed by atoms with van der Waals surface area (Å²) in [5.41, 5.74) is 0.626. The molecule has 0 aromatic carbocycles. The van der Waals surface area contributed by atoms with Crippen LogP contribution in [0.3, 0.4) is 0 Å². The van der Waals surface area contributed by atoms with Crippen molar-refractivity contribution in [1.82, 2.24) is 15.2 Å². The minimum atomic E-state index is 0.103. The molecule has 1 amide bonds. The number of carbonyl (C=O) groups excluding carboxylic acids is 1. The number of hydrogen-bond donors (Lipinski definition) is 1. The van der Waals surface area contributed by atoms with Gasteiger partial charge in [-0.1, -0.05) is 13.8 Å². The van der Waals surface area contributed by atoms with Crippen molar-refractivity contribution < 1.29 is 4.79 Å². The van der Waals surface area contributed by atoms with Gasteiger partial charge in [-0.15, -0.1) is 11.3 Å². The molecule has 1 saturated heterocycles. The highest BCUT2D eigenvalue weighted by Gasteiger charge is 2.24. The van der Waals surface area contributed by atoms with Gasteiger partial charge in [-0.25, -0.2) is 4.98 Å². The van der Waals surface area contributed by atoms with Gasteiger partial charge in [0.2, 0.25) is 0 Å². The number of piperidine rings is 1. The number of rotatable bonds is 4. The van der Waals surface area contributed by atoms with E-state index in [0.717, 1.165) is 37.5 Å². The fourth-order valence-corrected chi connectivity index (χ4v) is 3.25. The van der Waals surface area contributed by atoms with Gasteiger partial charge in [0, 0.05) is 24.4 Å². The molecule has 106 valence electrons. The molecule has 1 aromatic rings. The summed E-state index contributed by atoms with van der Waals surface area (Å²) in [6.45, 7) is 6.99. The van der Waals surface area contributed by atoms with Crippen molar-refractivity contribution >= 4 is 17.2 Å². The molecule has 0 saturated carbocycles. The van der Waals surface area contributed by atoms with Crippen LogP contribution in [0.25, 0.3) is 0 Å². The quantitative estimate of drug-likeness (QED) is 0.921. The Bertz CT molecular complexity index is 422. The Morgan fingerprint density at radius 2 is 2.21 bits per heavy atom. The summed E-state index contributed by atoms with van der Waals surface area (Å²) in [6, 6.07) is 0. The Morgan fingerprint density at radius 3 is 2.74 bits per heavy atom. The summed E-state index contributed by atoms with van der Waals surface area (Å²) in [6.07, 6.45) is 2.18. The lowest BCUT2D eigenvalue weighted by molar-refractivity contribution is 0.0685. The van der Waals surface area contributed by atoms with E-state index in [1.165, 1.54) is 0 Å². The van der Waals surface area contributed by atoms with E-state index in [2.05, 4.69) is 24.1 Å². The molecule has 2 rings (SSSR count). The second-order valence-corrected chi connectivity index (χ2v) is 6.41. The topological polar surface area (TPSA) is 45.2 Å². The lowest BCUT2D eigenvalue weighted by atomic mass is 9.97. The predicted octanol–water partition coefficient (Wildman–Crippen LogP) is 2.34. The number of likely N-dealkylation sites (tertiary alicyclic amines) is 1. The SMILES string of the molecule is CNCC1CCN(C(=O)c2csc(C(C)C)n2)CC1. The molecule has 0 bridgehead atoms. The van der Waals surface area contributed by atoms with Crippen molar-refractivity contribution in [3.05, 3.63) is 16.1 Å². The van der Waals surface area contributed by atoms with Crippen LogP contribution in [0.4, 0.5) is 0 Å². The molecule has 1 aliphatic heterocycles. The van der Waals surface area contributed by atoms with Crippen LogP contribution in [0.15, 0.2) is 5.38 Å². The molecule has 0 radical (unpaired) electrons. The molecule has 4 nitrogen and oxygen atoms in total. The number of amides is 1. The van der Waals surface area contributed by atoms with Crippen molar-refractivity contribution in [2.45, 2.75) is 32.6 Å². The third kappa shape index (κ3) is 3.54. The highest BCUT2D eigenvalue weighted by molar-refractivity contribution is 7.09. The first-order chi connectivity index (χ1) is 9.11. The van der Waals surface area contributed by atoms with E-state index in [1.807, 2.05) is 17.3 Å². The van der Waals surface area contributed by atoms with Gasteiger partial charge in [-0.05, 0) is 32.4 Å². The van der Waals surface area contributed by atoms with Crippen molar-refractivity contribution in [2.24, 2.45) is 5.92 Å². The molecule has 5 heteroatoms. The Kier molecular flexibility index (Phi) is 4.93. The summed E-state index contributed by atoms with van der Waals surface area (Å²) in [5.74, 6) is 1.20. The van der Waals surface area contributed by atoms with Crippen LogP contribution in [-0.2, 0) is 0 Å². The van der Waals surface area contributed by atoms with Gasteiger partial charge in [0.15, 0.2) is 0 Å². The van der Waals surface area contributed by atoms with E-state index in [-0.39, 0.29) is 5.91 Å². The van der Waals surface area contributed by atoms with Crippen LogP contribution in [0.5, 0.6) is 0 Å². The van der Waals surface area contributed by atoms with Gasteiger partial charge in [0.25, 0.3) is 5.91 Å². The standard InChI is InChI=1S/C14H23N3OS/c1-10(2)13-16-12(9-19-13)14(18)17-6-4-11(5-7-17)8-15-3/h9-11,15H,4-8H2,1-3H3. The molecule has 1 aliphatic rings. The lowest BCUT2D eigenvalue weighted by Gasteiger charge is -2.31. The Morgan fingerprint density at radius 1 is 1.53 bits per heavy atom. The normalized spacial score (nSPS) is 17.2. The average Bonchev–Trinajstić information content (AvgIpc) is 2.89. The Balaban J connectivity index is 1.93. The van der Waals surface area contributed by atoms with E-state index >= 15 is 0 Å². The number of carbonyl (C=O) groups is 1. The molecular formula is C14H23N3OS. The maximum Gasteiger partial charge on any atom is 0.273 e. The minimum absolute atomic E-state index is 0.103. The molecule has 2 heterocycles. The summed E-state index contributed by atoms with van der Waals surface area (Å²) in [7, 11) is 1.99. The van der Waals surface area contributed by atoms with E-state index in [9.17, 15) is 4.79 Å². The average molecular weight is 281 g/mol. The summed E-state index contributed by atoms with van der Waals surface area (Å²) >= 11 is 1.59. The summed E-state index contributed by atoms with van der Waals surface area (Å²) in [5, 5.41) is 6.16. The zero-order chi connectivity index (χ0) is 13.8. The first kappa shape index (κ1) is 14.5. The van der Waals surface area contributed by atoms with Crippen LogP contribution < -0.4 is 5.32 Å². The molecule has 0 atom stereocenters. The molecular weight excluding hydrogens is 258 g/mol. The van der Waals surface area contributed by atoms with Crippen molar-refractivity contribution in [1.29, 1.82) is 0 Å². The van der Waals surface area contributed by atoms with Gasteiger partial charge in [0.05, 0.1) is 5.01 Å². The van der Waals surface area contributed by atoms with Gasteiger partial charge in [-0.3, -0.25) is 4.79 Å². The lowest BCUT2D eigenvalue weighted by Crippen LogP contribution is -2.40. The second-order valence-electron chi connectivity index (χ2n) is 5.52. The fraction of sp³-hybridized carbons (Fsp3) is 0.714. The number of nitrogens with zero attached hydrogens (tertiary/aromatic N) is 2. The molecule has 1 fully saturated rings. The maximum atomic E-state index is 12.4. The van der Waals surface area contributed by atoms with Crippen LogP contribution in [0, 0.1) is 5.92 Å². The summed E-state index contributed by atoms with van der Waals surface area (Å²) < 4.78 is 0. The first-order valence-corrected chi connectivity index (χ1v) is 7.89. The summed E-state index contributed by atoms with van der Waals surface area (Å²) in [4.78, 5) is 18.8. The molecule has 1 N–H and O–H groups in total. The predicted molar refractivity (Wildman–Crippen MR) is 78.8 cm³/mol. The van der Waals surface area contributed by atoms with Crippen LogP contribution in [-0.4, -0.2) is 42.5 Å². The molecule has 0 spiro atoms. The van der Waals surface area contributed by atoms with Crippen molar-refractivity contribution in [3.8, 4) is 0 Å². The van der Waals surface area contributed by atoms with E-state index in [4.69, 9.17) is 0 Å². The Hall–Kier alpha value is -0.940. The van der Waals surface area contributed by atoms with Gasteiger partial charge >= 0.3 is 0 Å². The Labute approximate surface area is 119 Å². The second kappa shape index (κ2) is 6.48. The largest absolute Gasteiger partial charge is 0.337 e. The fourth-order valence-electron chi connectivity index (χ4n) is 2.44. The molecule has 0 aliphatic carbocycles. The minimum Gasteiger partial charge on any atom is -0.337 e. The van der Waals surface area contributed by atoms with Crippen LogP contribution >= 0.6 is 11.3 Å².